The first kappa shape index (κ1) is 18.2. The number of carbonyl (C=O) groups is 1. The van der Waals surface area contributed by atoms with Gasteiger partial charge in [0.05, 0.1) is 18.8 Å². The van der Waals surface area contributed by atoms with Gasteiger partial charge in [0.1, 0.15) is 17.2 Å². The lowest BCUT2D eigenvalue weighted by molar-refractivity contribution is 0.103. The summed E-state index contributed by atoms with van der Waals surface area (Å²) in [6, 6.07) is 9.49. The van der Waals surface area contributed by atoms with Crippen molar-refractivity contribution in [3.8, 4) is 17.2 Å². The molecule has 0 aromatic heterocycles. The molecule has 6 heteroatoms. The largest absolute Gasteiger partial charge is 0.508 e. The number of hydrogen-bond donors (Lipinski definition) is 5. The average Bonchev–Trinajstić information content (AvgIpc) is 2.53. The SMILES string of the molecule is O=C(c1ccc(O)cc1)c1ccc(O)cc1O.OCC=CCO. The molecule has 122 valence electrons. The predicted octanol–water partition coefficient (Wildman–Crippen LogP) is 1.56. The van der Waals surface area contributed by atoms with Crippen LogP contribution in [0, 0.1) is 0 Å². The summed E-state index contributed by atoms with van der Waals surface area (Å²) in [5.74, 6) is -0.688. The van der Waals surface area contributed by atoms with Gasteiger partial charge in [-0.05, 0) is 36.4 Å². The van der Waals surface area contributed by atoms with E-state index in [1.807, 2.05) is 0 Å². The first-order valence-corrected chi connectivity index (χ1v) is 6.72. The second kappa shape index (κ2) is 9.24. The summed E-state index contributed by atoms with van der Waals surface area (Å²) in [4.78, 5) is 12.0. The molecular weight excluding hydrogens is 300 g/mol. The van der Waals surface area contributed by atoms with Crippen molar-refractivity contribution >= 4 is 5.78 Å². The van der Waals surface area contributed by atoms with Gasteiger partial charge in [-0.2, -0.15) is 0 Å². The lowest BCUT2D eigenvalue weighted by Gasteiger charge is -2.04. The molecule has 0 aliphatic rings. The monoisotopic (exact) mass is 318 g/mol. The zero-order chi connectivity index (χ0) is 17.2. The molecule has 0 aliphatic carbocycles. The van der Waals surface area contributed by atoms with Crippen molar-refractivity contribution in [2.24, 2.45) is 0 Å². The third-order valence-corrected chi connectivity index (χ3v) is 2.73. The lowest BCUT2D eigenvalue weighted by atomic mass is 10.0. The summed E-state index contributed by atoms with van der Waals surface area (Å²) in [5.41, 5.74) is 0.456. The Balaban J connectivity index is 0.000000379. The van der Waals surface area contributed by atoms with Gasteiger partial charge in [0.25, 0.3) is 0 Å². The standard InChI is InChI=1S/C13H10O4.C4H8O2/c14-9-3-1-8(2-4-9)13(17)11-6-5-10(15)7-12(11)16;5-3-1-2-4-6/h1-7,14-16H;1-2,5-6H,3-4H2. The second-order valence-electron chi connectivity index (χ2n) is 4.41. The summed E-state index contributed by atoms with van der Waals surface area (Å²) < 4.78 is 0. The fraction of sp³-hybridized carbons (Fsp3) is 0.118. The van der Waals surface area contributed by atoms with Gasteiger partial charge in [-0.25, -0.2) is 0 Å². The number of aliphatic hydroxyl groups excluding tert-OH is 2. The van der Waals surface area contributed by atoms with Crippen LogP contribution in [0.1, 0.15) is 15.9 Å². The smallest absolute Gasteiger partial charge is 0.196 e. The van der Waals surface area contributed by atoms with Gasteiger partial charge in [-0.1, -0.05) is 12.2 Å². The molecular formula is C17H18O6. The minimum absolute atomic E-state index is 0.0144. The molecule has 0 spiro atoms. The molecule has 0 aliphatic heterocycles. The van der Waals surface area contributed by atoms with Gasteiger partial charge in [-0.15, -0.1) is 0 Å². The van der Waals surface area contributed by atoms with Crippen molar-refractivity contribution in [2.75, 3.05) is 13.2 Å². The molecule has 0 heterocycles. The highest BCUT2D eigenvalue weighted by molar-refractivity contribution is 6.10. The first-order chi connectivity index (χ1) is 11.0. The Kier molecular flexibility index (Phi) is 7.32. The van der Waals surface area contributed by atoms with Crippen molar-refractivity contribution in [3.63, 3.8) is 0 Å². The Hall–Kier alpha value is -2.83. The van der Waals surface area contributed by atoms with Crippen LogP contribution in [0.2, 0.25) is 0 Å². The Bertz CT molecular complexity index is 655. The number of benzene rings is 2. The molecule has 2 rings (SSSR count). The molecule has 2 aromatic carbocycles. The van der Waals surface area contributed by atoms with Gasteiger partial charge < -0.3 is 25.5 Å². The fourth-order valence-corrected chi connectivity index (χ4v) is 1.63. The van der Waals surface area contributed by atoms with Crippen molar-refractivity contribution in [1.82, 2.24) is 0 Å². The Morgan fingerprint density at radius 2 is 1.35 bits per heavy atom. The molecule has 0 amide bonds. The van der Waals surface area contributed by atoms with Gasteiger partial charge in [0.15, 0.2) is 5.78 Å². The van der Waals surface area contributed by atoms with Crippen molar-refractivity contribution in [1.29, 1.82) is 0 Å². The zero-order valence-electron chi connectivity index (χ0n) is 12.3. The Morgan fingerprint density at radius 1 is 0.826 bits per heavy atom. The molecule has 0 saturated heterocycles. The normalized spacial score (nSPS) is 10.2. The number of rotatable bonds is 4. The zero-order valence-corrected chi connectivity index (χ0v) is 12.3. The van der Waals surface area contributed by atoms with E-state index < -0.39 is 0 Å². The highest BCUT2D eigenvalue weighted by Gasteiger charge is 2.13. The highest BCUT2D eigenvalue weighted by Crippen LogP contribution is 2.25. The quantitative estimate of drug-likeness (QED) is 0.431. The maximum Gasteiger partial charge on any atom is 0.196 e. The van der Waals surface area contributed by atoms with E-state index in [0.29, 0.717) is 5.56 Å². The minimum Gasteiger partial charge on any atom is -0.508 e. The fourth-order valence-electron chi connectivity index (χ4n) is 1.63. The number of ketones is 1. The molecule has 0 saturated carbocycles. The average molecular weight is 318 g/mol. The van der Waals surface area contributed by atoms with Gasteiger partial charge in [-0.3, -0.25) is 4.79 Å². The van der Waals surface area contributed by atoms with Crippen LogP contribution in [0.25, 0.3) is 0 Å². The number of phenolic OH excluding ortho intramolecular Hbond substituents is 3. The van der Waals surface area contributed by atoms with E-state index in [-0.39, 0.29) is 41.8 Å². The number of hydrogen-bond acceptors (Lipinski definition) is 6. The molecule has 2 aromatic rings. The van der Waals surface area contributed by atoms with E-state index in [2.05, 4.69) is 0 Å². The minimum atomic E-state index is -0.373. The van der Waals surface area contributed by atoms with Crippen LogP contribution in [0.3, 0.4) is 0 Å². The summed E-state index contributed by atoms with van der Waals surface area (Å²) >= 11 is 0. The van der Waals surface area contributed by atoms with Crippen molar-refractivity contribution in [3.05, 3.63) is 65.7 Å². The molecule has 5 N–H and O–H groups in total. The summed E-state index contributed by atoms with van der Waals surface area (Å²) in [6.07, 6.45) is 2.97. The van der Waals surface area contributed by atoms with Crippen molar-refractivity contribution in [2.45, 2.75) is 0 Å². The van der Waals surface area contributed by atoms with Gasteiger partial charge in [0.2, 0.25) is 0 Å². The van der Waals surface area contributed by atoms with Gasteiger partial charge >= 0.3 is 0 Å². The van der Waals surface area contributed by atoms with Crippen LogP contribution in [-0.2, 0) is 0 Å². The van der Waals surface area contributed by atoms with E-state index in [0.717, 1.165) is 6.07 Å². The van der Waals surface area contributed by atoms with E-state index in [1.165, 1.54) is 48.6 Å². The Labute approximate surface area is 133 Å². The van der Waals surface area contributed by atoms with Crippen LogP contribution in [0.4, 0.5) is 0 Å². The lowest BCUT2D eigenvalue weighted by Crippen LogP contribution is -2.01. The van der Waals surface area contributed by atoms with Crippen LogP contribution in [0.15, 0.2) is 54.6 Å². The molecule has 6 nitrogen and oxygen atoms in total. The third-order valence-electron chi connectivity index (χ3n) is 2.73. The van der Waals surface area contributed by atoms with Crippen LogP contribution in [-0.4, -0.2) is 44.5 Å². The number of carbonyl (C=O) groups excluding carboxylic acids is 1. The molecule has 0 fully saturated rings. The number of aliphatic hydroxyl groups is 2. The number of aromatic hydroxyl groups is 3. The molecule has 0 bridgehead atoms. The molecule has 0 unspecified atom stereocenters. The topological polar surface area (TPSA) is 118 Å². The van der Waals surface area contributed by atoms with Crippen LogP contribution in [0.5, 0.6) is 17.2 Å². The second-order valence-corrected chi connectivity index (χ2v) is 4.41. The predicted molar refractivity (Wildman–Crippen MR) is 84.6 cm³/mol. The van der Waals surface area contributed by atoms with E-state index in [1.54, 1.807) is 0 Å². The number of phenols is 3. The Morgan fingerprint density at radius 3 is 1.83 bits per heavy atom. The molecule has 0 atom stereocenters. The van der Waals surface area contributed by atoms with Crippen molar-refractivity contribution < 1.29 is 30.3 Å². The first-order valence-electron chi connectivity index (χ1n) is 6.72. The molecule has 0 radical (unpaired) electrons. The van der Waals surface area contributed by atoms with E-state index >= 15 is 0 Å². The molecule has 23 heavy (non-hydrogen) atoms. The highest BCUT2D eigenvalue weighted by atomic mass is 16.3. The third kappa shape index (κ3) is 5.82. The van der Waals surface area contributed by atoms with Crippen LogP contribution >= 0.6 is 0 Å². The summed E-state index contributed by atoms with van der Waals surface area (Å²) in [6.45, 7) is 0.0289. The summed E-state index contributed by atoms with van der Waals surface area (Å²) in [7, 11) is 0. The summed E-state index contributed by atoms with van der Waals surface area (Å²) in [5, 5.41) is 43.8. The van der Waals surface area contributed by atoms with Crippen LogP contribution < -0.4 is 0 Å². The maximum absolute atomic E-state index is 12.0. The van der Waals surface area contributed by atoms with E-state index in [4.69, 9.17) is 20.4 Å². The van der Waals surface area contributed by atoms with Gasteiger partial charge in [0, 0.05) is 11.6 Å². The maximum atomic E-state index is 12.0. The van der Waals surface area contributed by atoms with E-state index in [9.17, 15) is 9.90 Å².